The Kier molecular flexibility index (Phi) is 8.68. The average Bonchev–Trinajstić information content (AvgIpc) is 3.37. The third kappa shape index (κ3) is 6.28. The van der Waals surface area contributed by atoms with Crippen molar-refractivity contribution in [3.8, 4) is 5.69 Å². The van der Waals surface area contributed by atoms with Crippen LogP contribution in [0.5, 0.6) is 0 Å². The predicted octanol–water partition coefficient (Wildman–Crippen LogP) is 6.66. The van der Waals surface area contributed by atoms with Gasteiger partial charge in [0.05, 0.1) is 0 Å². The smallest absolute Gasteiger partial charge is 0.00705 e. The Morgan fingerprint density at radius 1 is 1.16 bits per heavy atom. The van der Waals surface area contributed by atoms with Crippen LogP contribution >= 0.6 is 0 Å². The van der Waals surface area contributed by atoms with Gasteiger partial charge in [-0.05, 0) is 17.8 Å². The number of allylic oxidation sites excluding steroid dienone is 4. The fraction of sp³-hybridized carbons (Fsp3) is 0.190. The first kappa shape index (κ1) is 19.7. The van der Waals surface area contributed by atoms with E-state index >= 15 is 0 Å². The van der Waals surface area contributed by atoms with Crippen LogP contribution in [0.15, 0.2) is 78.6 Å². The van der Waals surface area contributed by atoms with Crippen LogP contribution in [0.4, 0.5) is 5.25 Å². The van der Waals surface area contributed by atoms with Gasteiger partial charge in [0, 0.05) is 12.4 Å². The molecule has 0 aliphatic heterocycles. The third-order valence-electron chi connectivity index (χ3n) is 3.79. The van der Waals surface area contributed by atoms with Crippen molar-refractivity contribution in [1.82, 2.24) is 4.57 Å². The summed E-state index contributed by atoms with van der Waals surface area (Å²) in [4.78, 5) is 0. The van der Waals surface area contributed by atoms with E-state index < -0.39 is 24.5 Å². The Morgan fingerprint density at radius 3 is 2.48 bits per heavy atom. The minimum atomic E-state index is -2.77. The second-order valence-electron chi connectivity index (χ2n) is 5.56. The van der Waals surface area contributed by atoms with Crippen molar-refractivity contribution in [1.29, 1.82) is 0 Å². The molecule has 1 aliphatic carbocycles. The SMILES string of the molecule is CCCC1=[C-]CC=C1.[F][Zr+2][F].c1ccc2[cH-]c(-n3cccc3)cc2c1. The van der Waals surface area contributed by atoms with Gasteiger partial charge in [-0.3, -0.25) is 6.08 Å². The van der Waals surface area contributed by atoms with Gasteiger partial charge in [0.25, 0.3) is 0 Å². The Bertz CT molecular complexity index is 767. The first-order chi connectivity index (χ1) is 12.3. The average molecular weight is 417 g/mol. The summed E-state index contributed by atoms with van der Waals surface area (Å²) in [5, 5.41) is 2.60. The molecule has 0 N–H and O–H groups in total. The zero-order valence-corrected chi connectivity index (χ0v) is 16.7. The minimum Gasteiger partial charge on any atom is -0.342 e. The number of halogens is 2. The van der Waals surface area contributed by atoms with Gasteiger partial charge in [0.15, 0.2) is 0 Å². The molecular weight excluding hydrogens is 395 g/mol. The van der Waals surface area contributed by atoms with Crippen molar-refractivity contribution in [2.24, 2.45) is 0 Å². The van der Waals surface area contributed by atoms with E-state index in [0.29, 0.717) is 0 Å². The summed E-state index contributed by atoms with van der Waals surface area (Å²) in [7, 11) is 0. The molecule has 0 fully saturated rings. The van der Waals surface area contributed by atoms with Crippen molar-refractivity contribution >= 4 is 10.8 Å². The molecule has 0 bridgehead atoms. The molecule has 0 amide bonds. The topological polar surface area (TPSA) is 4.93 Å². The molecular formula is C21H21F2NZr. The van der Waals surface area contributed by atoms with Gasteiger partial charge in [0.2, 0.25) is 0 Å². The number of benzene rings is 1. The molecule has 0 saturated carbocycles. The largest absolute Gasteiger partial charge is 0.342 e. The number of hydrogen-bond acceptors (Lipinski definition) is 0. The van der Waals surface area contributed by atoms with Crippen LogP contribution in [0.3, 0.4) is 0 Å². The van der Waals surface area contributed by atoms with Crippen LogP contribution in [-0.2, 0) is 24.5 Å². The van der Waals surface area contributed by atoms with Gasteiger partial charge in [-0.25, -0.2) is 11.6 Å². The van der Waals surface area contributed by atoms with Crippen molar-refractivity contribution in [3.63, 3.8) is 0 Å². The van der Waals surface area contributed by atoms with Crippen molar-refractivity contribution < 1.29 is 29.7 Å². The van der Waals surface area contributed by atoms with E-state index in [-0.39, 0.29) is 0 Å². The van der Waals surface area contributed by atoms with E-state index in [0.717, 1.165) is 6.42 Å². The fourth-order valence-corrected chi connectivity index (χ4v) is 2.68. The number of rotatable bonds is 3. The van der Waals surface area contributed by atoms with E-state index in [2.05, 4.69) is 78.5 Å². The van der Waals surface area contributed by atoms with Crippen LogP contribution in [0.2, 0.25) is 0 Å². The Morgan fingerprint density at radius 2 is 1.88 bits per heavy atom. The zero-order valence-electron chi connectivity index (χ0n) is 14.3. The maximum absolute atomic E-state index is 9.80. The third-order valence-corrected chi connectivity index (χ3v) is 3.79. The Hall–Kier alpha value is -1.67. The summed E-state index contributed by atoms with van der Waals surface area (Å²) in [6.45, 7) is 2.20. The maximum atomic E-state index is 9.80. The molecule has 128 valence electrons. The van der Waals surface area contributed by atoms with Gasteiger partial charge in [0.1, 0.15) is 0 Å². The van der Waals surface area contributed by atoms with E-state index in [1.807, 2.05) is 12.1 Å². The van der Waals surface area contributed by atoms with Crippen LogP contribution in [0.1, 0.15) is 26.2 Å². The molecule has 4 rings (SSSR count). The standard InChI is InChI=1S/C13H10N.C8H11.2FH.Zr/c1-2-6-12-10-13(9-11(12)5-1)14-7-3-4-8-14;1-2-5-8-6-3-4-7-8;;;/h1-10H;3,6H,2,4-5H2,1H3;2*1H;/q2*-1;;;+4/p-2. The Balaban J connectivity index is 0.000000175. The molecule has 2 aromatic carbocycles. The second-order valence-corrected chi connectivity index (χ2v) is 5.91. The van der Waals surface area contributed by atoms with E-state index in [1.165, 1.54) is 34.9 Å². The molecule has 3 aromatic rings. The second kappa shape index (κ2) is 11.0. The Labute approximate surface area is 161 Å². The molecule has 0 atom stereocenters. The van der Waals surface area contributed by atoms with Gasteiger partial charge < -0.3 is 4.57 Å². The van der Waals surface area contributed by atoms with Gasteiger partial charge in [-0.15, -0.1) is 47.5 Å². The van der Waals surface area contributed by atoms with E-state index in [4.69, 9.17) is 0 Å². The van der Waals surface area contributed by atoms with Gasteiger partial charge >= 0.3 is 29.7 Å². The quantitative estimate of drug-likeness (QED) is 0.421. The molecule has 0 saturated heterocycles. The maximum Gasteiger partial charge on any atom is 0.00705 e. The summed E-state index contributed by atoms with van der Waals surface area (Å²) in [6, 6.07) is 16.9. The van der Waals surface area contributed by atoms with Crippen molar-refractivity contribution in [2.75, 3.05) is 0 Å². The number of hydrogen-bond donors (Lipinski definition) is 0. The zero-order chi connectivity index (χ0) is 17.9. The monoisotopic (exact) mass is 415 g/mol. The molecule has 25 heavy (non-hydrogen) atoms. The van der Waals surface area contributed by atoms with E-state index in [1.54, 1.807) is 0 Å². The number of fused-ring (bicyclic) bond motifs is 1. The van der Waals surface area contributed by atoms with Gasteiger partial charge in [-0.2, -0.15) is 6.08 Å². The molecule has 1 nitrogen and oxygen atoms in total. The van der Waals surface area contributed by atoms with Gasteiger partial charge in [-0.1, -0.05) is 25.8 Å². The first-order valence-corrected chi connectivity index (χ1v) is 10.2. The summed E-state index contributed by atoms with van der Waals surface area (Å²) in [5.74, 6) is 0. The summed E-state index contributed by atoms with van der Waals surface area (Å²) >= 11 is -2.77. The number of nitrogens with zero attached hydrogens (tertiary/aromatic N) is 1. The normalized spacial score (nSPS) is 11.9. The fourth-order valence-electron chi connectivity index (χ4n) is 2.68. The molecule has 1 aliphatic rings. The molecule has 1 heterocycles. The minimum absolute atomic E-state index is 1.04. The molecule has 1 aromatic heterocycles. The van der Waals surface area contributed by atoms with Crippen molar-refractivity contribution in [2.45, 2.75) is 26.2 Å². The molecule has 0 unspecified atom stereocenters. The molecule has 0 spiro atoms. The first-order valence-electron chi connectivity index (χ1n) is 8.29. The van der Waals surface area contributed by atoms with Crippen LogP contribution in [-0.4, -0.2) is 4.57 Å². The summed E-state index contributed by atoms with van der Waals surface area (Å²) in [5.41, 5.74) is 2.63. The number of aromatic nitrogens is 1. The predicted molar refractivity (Wildman–Crippen MR) is 96.5 cm³/mol. The molecule has 4 heteroatoms. The van der Waals surface area contributed by atoms with Crippen molar-refractivity contribution in [3.05, 3.63) is 84.7 Å². The van der Waals surface area contributed by atoms with E-state index in [9.17, 15) is 5.25 Å². The van der Waals surface area contributed by atoms with Crippen LogP contribution in [0, 0.1) is 6.08 Å². The van der Waals surface area contributed by atoms with Crippen LogP contribution < -0.4 is 0 Å². The summed E-state index contributed by atoms with van der Waals surface area (Å²) in [6.07, 6.45) is 15.2. The summed E-state index contributed by atoms with van der Waals surface area (Å²) < 4.78 is 21.7. The molecule has 0 radical (unpaired) electrons. The van der Waals surface area contributed by atoms with Crippen LogP contribution in [0.25, 0.3) is 16.5 Å².